The summed E-state index contributed by atoms with van der Waals surface area (Å²) in [6, 6.07) is 7.19. The standard InChI is InChI=1S/C11H11ClO2/c1-2-8(7-11(13)14)9-4-3-5-10(12)6-9/h3-7H,2H2,1H3,(H,13,14)/b8-7-. The van der Waals surface area contributed by atoms with Gasteiger partial charge in [-0.2, -0.15) is 0 Å². The third kappa shape index (κ3) is 2.89. The zero-order valence-corrected chi connectivity index (χ0v) is 8.58. The number of rotatable bonds is 3. The summed E-state index contributed by atoms with van der Waals surface area (Å²) in [6.45, 7) is 1.91. The van der Waals surface area contributed by atoms with E-state index in [9.17, 15) is 4.79 Å². The number of carbonyl (C=O) groups is 1. The van der Waals surface area contributed by atoms with Gasteiger partial charge in [-0.05, 0) is 29.7 Å². The average molecular weight is 211 g/mol. The lowest BCUT2D eigenvalue weighted by Crippen LogP contribution is -1.91. The Balaban J connectivity index is 3.07. The van der Waals surface area contributed by atoms with E-state index in [0.29, 0.717) is 11.4 Å². The minimum absolute atomic E-state index is 0.618. The van der Waals surface area contributed by atoms with Crippen LogP contribution in [0.3, 0.4) is 0 Å². The fourth-order valence-corrected chi connectivity index (χ4v) is 1.42. The van der Waals surface area contributed by atoms with Crippen molar-refractivity contribution in [3.05, 3.63) is 40.9 Å². The Kier molecular flexibility index (Phi) is 3.72. The van der Waals surface area contributed by atoms with Crippen molar-refractivity contribution in [1.29, 1.82) is 0 Å². The van der Waals surface area contributed by atoms with Gasteiger partial charge in [-0.1, -0.05) is 30.7 Å². The molecule has 0 bridgehead atoms. The van der Waals surface area contributed by atoms with Gasteiger partial charge < -0.3 is 5.11 Å². The van der Waals surface area contributed by atoms with Crippen molar-refractivity contribution in [3.63, 3.8) is 0 Å². The van der Waals surface area contributed by atoms with E-state index in [2.05, 4.69) is 0 Å². The Bertz CT molecular complexity index is 369. The minimum atomic E-state index is -0.929. The molecule has 14 heavy (non-hydrogen) atoms. The van der Waals surface area contributed by atoms with E-state index < -0.39 is 5.97 Å². The topological polar surface area (TPSA) is 37.3 Å². The van der Waals surface area contributed by atoms with Crippen LogP contribution in [-0.2, 0) is 4.79 Å². The Morgan fingerprint density at radius 2 is 2.29 bits per heavy atom. The number of carboxylic acids is 1. The molecule has 2 nitrogen and oxygen atoms in total. The summed E-state index contributed by atoms with van der Waals surface area (Å²) in [5.41, 5.74) is 1.64. The summed E-state index contributed by atoms with van der Waals surface area (Å²) >= 11 is 5.81. The number of halogens is 1. The van der Waals surface area contributed by atoms with Crippen molar-refractivity contribution in [3.8, 4) is 0 Å². The van der Waals surface area contributed by atoms with Crippen LogP contribution in [0.4, 0.5) is 0 Å². The summed E-state index contributed by atoms with van der Waals surface area (Å²) in [4.78, 5) is 10.5. The highest BCUT2D eigenvalue weighted by molar-refractivity contribution is 6.30. The van der Waals surface area contributed by atoms with Crippen LogP contribution in [0.1, 0.15) is 18.9 Å². The van der Waals surface area contributed by atoms with Crippen molar-refractivity contribution in [2.75, 3.05) is 0 Å². The number of benzene rings is 1. The van der Waals surface area contributed by atoms with Gasteiger partial charge in [0.15, 0.2) is 0 Å². The largest absolute Gasteiger partial charge is 0.478 e. The first kappa shape index (κ1) is 10.8. The van der Waals surface area contributed by atoms with E-state index in [1.165, 1.54) is 6.08 Å². The fourth-order valence-electron chi connectivity index (χ4n) is 1.23. The van der Waals surface area contributed by atoms with Crippen LogP contribution >= 0.6 is 11.6 Å². The van der Waals surface area contributed by atoms with Gasteiger partial charge in [-0.3, -0.25) is 0 Å². The molecule has 0 aliphatic heterocycles. The summed E-state index contributed by atoms with van der Waals surface area (Å²) < 4.78 is 0. The van der Waals surface area contributed by atoms with Gasteiger partial charge in [0.2, 0.25) is 0 Å². The summed E-state index contributed by atoms with van der Waals surface area (Å²) in [7, 11) is 0. The molecule has 0 aliphatic rings. The maximum absolute atomic E-state index is 10.5. The van der Waals surface area contributed by atoms with Gasteiger partial charge in [0.1, 0.15) is 0 Å². The second-order valence-electron chi connectivity index (χ2n) is 2.87. The van der Waals surface area contributed by atoms with E-state index in [-0.39, 0.29) is 0 Å². The predicted molar refractivity (Wildman–Crippen MR) is 57.4 cm³/mol. The van der Waals surface area contributed by atoms with Gasteiger partial charge in [-0.15, -0.1) is 0 Å². The third-order valence-electron chi connectivity index (χ3n) is 1.87. The molecular formula is C11H11ClO2. The van der Waals surface area contributed by atoms with Crippen molar-refractivity contribution in [2.45, 2.75) is 13.3 Å². The quantitative estimate of drug-likeness (QED) is 0.778. The molecule has 0 aliphatic carbocycles. The highest BCUT2D eigenvalue weighted by atomic mass is 35.5. The molecule has 0 saturated carbocycles. The van der Waals surface area contributed by atoms with E-state index in [1.807, 2.05) is 19.1 Å². The number of hydrogen-bond donors (Lipinski definition) is 1. The van der Waals surface area contributed by atoms with Crippen molar-refractivity contribution in [2.24, 2.45) is 0 Å². The molecule has 3 heteroatoms. The number of carboxylic acid groups (broad SMARTS) is 1. The first-order chi connectivity index (χ1) is 6.63. The molecule has 1 aromatic carbocycles. The Morgan fingerprint density at radius 1 is 1.57 bits per heavy atom. The molecule has 1 rings (SSSR count). The summed E-state index contributed by atoms with van der Waals surface area (Å²) in [5.74, 6) is -0.929. The second kappa shape index (κ2) is 4.82. The normalized spacial score (nSPS) is 11.4. The van der Waals surface area contributed by atoms with Gasteiger partial charge >= 0.3 is 5.97 Å². The van der Waals surface area contributed by atoms with Gasteiger partial charge in [0, 0.05) is 11.1 Å². The zero-order valence-electron chi connectivity index (χ0n) is 7.83. The summed E-state index contributed by atoms with van der Waals surface area (Å²) in [5, 5.41) is 9.25. The van der Waals surface area contributed by atoms with Crippen LogP contribution in [0.5, 0.6) is 0 Å². The maximum Gasteiger partial charge on any atom is 0.328 e. The molecule has 0 heterocycles. The van der Waals surface area contributed by atoms with Crippen LogP contribution in [-0.4, -0.2) is 11.1 Å². The van der Waals surface area contributed by atoms with Crippen LogP contribution < -0.4 is 0 Å². The lowest BCUT2D eigenvalue weighted by atomic mass is 10.0. The SMILES string of the molecule is CC/C(=C/C(=O)O)c1cccc(Cl)c1. The van der Waals surface area contributed by atoms with E-state index >= 15 is 0 Å². The molecule has 74 valence electrons. The van der Waals surface area contributed by atoms with E-state index in [1.54, 1.807) is 12.1 Å². The molecule has 0 amide bonds. The number of allylic oxidation sites excluding steroid dienone is 1. The maximum atomic E-state index is 10.5. The summed E-state index contributed by atoms with van der Waals surface area (Å²) in [6.07, 6.45) is 1.89. The average Bonchev–Trinajstić information content (AvgIpc) is 2.14. The lowest BCUT2D eigenvalue weighted by Gasteiger charge is -2.03. The van der Waals surface area contributed by atoms with Crippen molar-refractivity contribution >= 4 is 23.1 Å². The molecule has 0 atom stereocenters. The van der Waals surface area contributed by atoms with Gasteiger partial charge in [0.25, 0.3) is 0 Å². The third-order valence-corrected chi connectivity index (χ3v) is 2.11. The second-order valence-corrected chi connectivity index (χ2v) is 3.31. The Hall–Kier alpha value is -1.28. The van der Waals surface area contributed by atoms with Crippen molar-refractivity contribution in [1.82, 2.24) is 0 Å². The lowest BCUT2D eigenvalue weighted by molar-refractivity contribution is -0.131. The molecule has 0 fully saturated rings. The molecular weight excluding hydrogens is 200 g/mol. The van der Waals surface area contributed by atoms with Crippen LogP contribution in [0.25, 0.3) is 5.57 Å². The first-order valence-electron chi connectivity index (χ1n) is 4.33. The minimum Gasteiger partial charge on any atom is -0.478 e. The number of aliphatic carboxylic acids is 1. The van der Waals surface area contributed by atoms with E-state index in [0.717, 1.165) is 11.1 Å². The van der Waals surface area contributed by atoms with Gasteiger partial charge in [0.05, 0.1) is 0 Å². The Labute approximate surface area is 87.8 Å². The molecule has 0 unspecified atom stereocenters. The molecule has 0 aromatic heterocycles. The van der Waals surface area contributed by atoms with E-state index in [4.69, 9.17) is 16.7 Å². The fraction of sp³-hybridized carbons (Fsp3) is 0.182. The smallest absolute Gasteiger partial charge is 0.328 e. The zero-order chi connectivity index (χ0) is 10.6. The molecule has 1 N–H and O–H groups in total. The highest BCUT2D eigenvalue weighted by Gasteiger charge is 2.02. The molecule has 0 radical (unpaired) electrons. The van der Waals surface area contributed by atoms with Crippen LogP contribution in [0.15, 0.2) is 30.3 Å². The number of hydrogen-bond acceptors (Lipinski definition) is 1. The van der Waals surface area contributed by atoms with Crippen molar-refractivity contribution < 1.29 is 9.90 Å². The Morgan fingerprint density at radius 3 is 2.79 bits per heavy atom. The predicted octanol–water partition coefficient (Wildman–Crippen LogP) is 3.22. The highest BCUT2D eigenvalue weighted by Crippen LogP contribution is 2.21. The molecule has 0 spiro atoms. The molecule has 1 aromatic rings. The van der Waals surface area contributed by atoms with Crippen LogP contribution in [0, 0.1) is 0 Å². The molecule has 0 saturated heterocycles. The monoisotopic (exact) mass is 210 g/mol. The van der Waals surface area contributed by atoms with Gasteiger partial charge in [-0.25, -0.2) is 4.79 Å². The first-order valence-corrected chi connectivity index (χ1v) is 4.70. The van der Waals surface area contributed by atoms with Crippen LogP contribution in [0.2, 0.25) is 5.02 Å².